The molecule has 0 saturated heterocycles. The zero-order chi connectivity index (χ0) is 19.5. The van der Waals surface area contributed by atoms with E-state index >= 15 is 0 Å². The second kappa shape index (κ2) is 5.85. The maximum Gasteiger partial charge on any atom is 0.140 e. The topological polar surface area (TPSA) is 56.5 Å². The number of hydrogen-bond acceptors (Lipinski definition) is 2. The van der Waals surface area contributed by atoms with Crippen LogP contribution in [-0.2, 0) is 0 Å². The van der Waals surface area contributed by atoms with Gasteiger partial charge in [-0.3, -0.25) is 0 Å². The number of fused-ring (bicyclic) bond motifs is 7. The summed E-state index contributed by atoms with van der Waals surface area (Å²) >= 11 is 0. The first-order chi connectivity index (χ1) is 14.2. The third-order valence-electron chi connectivity index (χ3n) is 5.85. The summed E-state index contributed by atoms with van der Waals surface area (Å²) in [6, 6.07) is 21.5. The summed E-state index contributed by atoms with van der Waals surface area (Å²) in [6.07, 6.45) is 2.05. The SMILES string of the molecule is CNc1ccc2c3ccccc3c3[nH]c(-c4c[nH]c5ccc(C)cc45)nc3c2c1. The minimum atomic E-state index is 0.893. The molecule has 0 atom stereocenters. The van der Waals surface area contributed by atoms with Gasteiger partial charge in [-0.2, -0.15) is 0 Å². The Labute approximate surface area is 167 Å². The van der Waals surface area contributed by atoms with Crippen molar-refractivity contribution in [1.29, 1.82) is 0 Å². The van der Waals surface area contributed by atoms with E-state index in [1.54, 1.807) is 0 Å². The monoisotopic (exact) mass is 376 g/mol. The molecule has 4 heteroatoms. The highest BCUT2D eigenvalue weighted by atomic mass is 14.9. The Kier molecular flexibility index (Phi) is 3.27. The lowest BCUT2D eigenvalue weighted by molar-refractivity contribution is 1.34. The van der Waals surface area contributed by atoms with Gasteiger partial charge in [0.25, 0.3) is 0 Å². The highest BCUT2D eigenvalue weighted by Gasteiger charge is 2.16. The van der Waals surface area contributed by atoms with E-state index in [2.05, 4.69) is 82.9 Å². The predicted molar refractivity (Wildman–Crippen MR) is 123 cm³/mol. The molecule has 0 saturated carbocycles. The third kappa shape index (κ3) is 2.29. The van der Waals surface area contributed by atoms with Crippen molar-refractivity contribution < 1.29 is 0 Å². The average Bonchev–Trinajstić information content (AvgIpc) is 3.37. The summed E-state index contributed by atoms with van der Waals surface area (Å²) in [5.41, 5.74) is 6.64. The van der Waals surface area contributed by atoms with Crippen molar-refractivity contribution in [3.8, 4) is 11.4 Å². The molecule has 4 nitrogen and oxygen atoms in total. The number of rotatable bonds is 2. The van der Waals surface area contributed by atoms with Crippen LogP contribution in [-0.4, -0.2) is 22.0 Å². The standard InChI is InChI=1S/C25H20N4/c1-14-7-10-22-19(11-14)21(13-27-22)25-28-23-18-6-4-3-5-16(18)17-9-8-15(26-2)12-20(17)24(23)29-25/h3-13,26-27H,1-2H3,(H,28,29). The normalized spacial score (nSPS) is 11.8. The lowest BCUT2D eigenvalue weighted by Gasteiger charge is -2.08. The van der Waals surface area contributed by atoms with E-state index in [0.717, 1.165) is 39.0 Å². The molecule has 6 rings (SSSR count). The van der Waals surface area contributed by atoms with Gasteiger partial charge in [0.15, 0.2) is 0 Å². The van der Waals surface area contributed by atoms with E-state index in [1.807, 2.05) is 13.2 Å². The highest BCUT2D eigenvalue weighted by molar-refractivity contribution is 6.24. The van der Waals surface area contributed by atoms with Gasteiger partial charge >= 0.3 is 0 Å². The van der Waals surface area contributed by atoms with Crippen LogP contribution in [0.4, 0.5) is 5.69 Å². The van der Waals surface area contributed by atoms with E-state index in [0.29, 0.717) is 0 Å². The number of imidazole rings is 1. The average molecular weight is 376 g/mol. The van der Waals surface area contributed by atoms with Crippen LogP contribution in [0.5, 0.6) is 0 Å². The smallest absolute Gasteiger partial charge is 0.140 e. The molecule has 0 aliphatic rings. The second-order valence-electron chi connectivity index (χ2n) is 7.62. The number of benzene rings is 4. The quantitative estimate of drug-likeness (QED) is 0.308. The van der Waals surface area contributed by atoms with Gasteiger partial charge in [-0.15, -0.1) is 0 Å². The van der Waals surface area contributed by atoms with Crippen LogP contribution in [0.3, 0.4) is 0 Å². The molecule has 0 unspecified atom stereocenters. The largest absolute Gasteiger partial charge is 0.388 e. The van der Waals surface area contributed by atoms with Gasteiger partial charge in [0.05, 0.1) is 11.0 Å². The third-order valence-corrected chi connectivity index (χ3v) is 5.85. The molecule has 0 radical (unpaired) electrons. The summed E-state index contributed by atoms with van der Waals surface area (Å²) in [6.45, 7) is 2.12. The van der Waals surface area contributed by atoms with E-state index in [9.17, 15) is 0 Å². The maximum atomic E-state index is 5.09. The van der Waals surface area contributed by atoms with Crippen LogP contribution in [0.1, 0.15) is 5.56 Å². The molecule has 140 valence electrons. The van der Waals surface area contributed by atoms with Crippen molar-refractivity contribution >= 4 is 49.2 Å². The van der Waals surface area contributed by atoms with E-state index in [1.165, 1.54) is 27.1 Å². The van der Waals surface area contributed by atoms with Gasteiger partial charge in [0, 0.05) is 46.2 Å². The van der Waals surface area contributed by atoms with Crippen LogP contribution in [0, 0.1) is 6.92 Å². The number of anilines is 1. The minimum Gasteiger partial charge on any atom is -0.388 e. The van der Waals surface area contributed by atoms with Crippen molar-refractivity contribution in [1.82, 2.24) is 15.0 Å². The number of H-pyrrole nitrogens is 2. The Morgan fingerprint density at radius 3 is 2.52 bits per heavy atom. The van der Waals surface area contributed by atoms with Crippen molar-refractivity contribution in [3.05, 3.63) is 72.4 Å². The molecule has 0 aliphatic heterocycles. The van der Waals surface area contributed by atoms with Crippen LogP contribution in [0.2, 0.25) is 0 Å². The second-order valence-corrected chi connectivity index (χ2v) is 7.62. The van der Waals surface area contributed by atoms with E-state index < -0.39 is 0 Å². The van der Waals surface area contributed by atoms with Crippen LogP contribution in [0.25, 0.3) is 54.9 Å². The fourth-order valence-electron chi connectivity index (χ4n) is 4.39. The predicted octanol–water partition coefficient (Wildman–Crippen LogP) is 6.37. The molecular formula is C25H20N4. The van der Waals surface area contributed by atoms with Gasteiger partial charge in [0.2, 0.25) is 0 Å². The molecule has 3 N–H and O–H groups in total. The molecule has 0 bridgehead atoms. The Balaban J connectivity index is 1.75. The molecule has 0 fully saturated rings. The molecule has 2 heterocycles. The zero-order valence-electron chi connectivity index (χ0n) is 16.3. The van der Waals surface area contributed by atoms with Crippen LogP contribution in [0.15, 0.2) is 66.9 Å². The summed E-state index contributed by atoms with van der Waals surface area (Å²) in [5, 5.41) is 9.26. The van der Waals surface area contributed by atoms with Crippen molar-refractivity contribution in [2.45, 2.75) is 6.92 Å². The molecule has 4 aromatic carbocycles. The first-order valence-electron chi connectivity index (χ1n) is 9.83. The Morgan fingerprint density at radius 2 is 1.66 bits per heavy atom. The number of nitrogens with one attached hydrogen (secondary N) is 3. The van der Waals surface area contributed by atoms with Crippen LogP contribution < -0.4 is 5.32 Å². The van der Waals surface area contributed by atoms with Crippen LogP contribution >= 0.6 is 0 Å². The minimum absolute atomic E-state index is 0.893. The lowest BCUT2D eigenvalue weighted by Crippen LogP contribution is -1.88. The fraction of sp³-hybridized carbons (Fsp3) is 0.0800. The van der Waals surface area contributed by atoms with E-state index in [-0.39, 0.29) is 0 Å². The van der Waals surface area contributed by atoms with E-state index in [4.69, 9.17) is 4.98 Å². The summed E-state index contributed by atoms with van der Waals surface area (Å²) in [5.74, 6) is 0.893. The molecule has 0 amide bonds. The summed E-state index contributed by atoms with van der Waals surface area (Å²) in [4.78, 5) is 12.1. The maximum absolute atomic E-state index is 5.09. The van der Waals surface area contributed by atoms with Gasteiger partial charge in [-0.25, -0.2) is 4.98 Å². The molecular weight excluding hydrogens is 356 g/mol. The molecule has 0 spiro atoms. The number of aryl methyl sites for hydroxylation is 1. The Morgan fingerprint density at radius 1 is 0.828 bits per heavy atom. The summed E-state index contributed by atoms with van der Waals surface area (Å²) in [7, 11) is 1.95. The lowest BCUT2D eigenvalue weighted by atomic mass is 9.99. The van der Waals surface area contributed by atoms with Crippen molar-refractivity contribution in [2.24, 2.45) is 0 Å². The first kappa shape index (κ1) is 16.2. The number of aromatic amines is 2. The van der Waals surface area contributed by atoms with Crippen molar-refractivity contribution in [3.63, 3.8) is 0 Å². The molecule has 6 aromatic rings. The molecule has 2 aromatic heterocycles. The number of nitrogens with zero attached hydrogens (tertiary/aromatic N) is 1. The Hall–Kier alpha value is -3.79. The van der Waals surface area contributed by atoms with Gasteiger partial charge in [-0.1, -0.05) is 42.0 Å². The van der Waals surface area contributed by atoms with Crippen molar-refractivity contribution in [2.75, 3.05) is 12.4 Å². The highest BCUT2D eigenvalue weighted by Crippen LogP contribution is 2.37. The van der Waals surface area contributed by atoms with Gasteiger partial charge in [-0.05, 0) is 42.0 Å². The zero-order valence-corrected chi connectivity index (χ0v) is 16.3. The number of hydrogen-bond donors (Lipinski definition) is 3. The first-order valence-corrected chi connectivity index (χ1v) is 9.83. The number of aromatic nitrogens is 3. The molecule has 29 heavy (non-hydrogen) atoms. The van der Waals surface area contributed by atoms with Gasteiger partial charge in [0.1, 0.15) is 5.82 Å². The van der Waals surface area contributed by atoms with Gasteiger partial charge < -0.3 is 15.3 Å². The molecule has 0 aliphatic carbocycles. The Bertz CT molecular complexity index is 1550. The fourth-order valence-corrected chi connectivity index (χ4v) is 4.39. The summed E-state index contributed by atoms with van der Waals surface area (Å²) < 4.78 is 0.